The van der Waals surface area contributed by atoms with E-state index in [1.54, 1.807) is 55.5 Å². The van der Waals surface area contributed by atoms with Crippen LogP contribution in [0.1, 0.15) is 34.5 Å². The number of rotatable bonds is 5. The molecule has 3 aromatic rings. The first-order valence-corrected chi connectivity index (χ1v) is 12.2. The summed E-state index contributed by atoms with van der Waals surface area (Å²) in [6.07, 6.45) is 0. The highest BCUT2D eigenvalue weighted by atomic mass is 16.5. The Morgan fingerprint density at radius 3 is 2.55 bits per heavy atom. The van der Waals surface area contributed by atoms with Crippen molar-refractivity contribution in [2.24, 2.45) is 0 Å². The number of aliphatic hydroxyl groups excluding tert-OH is 1. The lowest BCUT2D eigenvalue weighted by Crippen LogP contribution is -2.29. The number of anilines is 2. The third-order valence-corrected chi connectivity index (χ3v) is 6.62. The Balaban J connectivity index is 1.67. The molecule has 1 atom stereocenters. The Kier molecular flexibility index (Phi) is 6.50. The lowest BCUT2D eigenvalue weighted by atomic mass is 9.94. The number of carbonyl (C=O) groups is 3. The minimum absolute atomic E-state index is 0.00716. The molecule has 194 valence electrons. The van der Waals surface area contributed by atoms with E-state index in [0.717, 1.165) is 5.69 Å². The van der Waals surface area contributed by atoms with Gasteiger partial charge in [-0.25, -0.2) is 4.79 Å². The molecule has 1 saturated heterocycles. The first kappa shape index (κ1) is 24.9. The topological polar surface area (TPSA) is 117 Å². The van der Waals surface area contributed by atoms with E-state index >= 15 is 0 Å². The van der Waals surface area contributed by atoms with Gasteiger partial charge in [0, 0.05) is 18.3 Å². The Hall–Kier alpha value is -4.79. The van der Waals surface area contributed by atoms with Crippen LogP contribution in [0.25, 0.3) is 5.76 Å². The maximum atomic E-state index is 13.4. The number of ether oxygens (including phenoxy) is 2. The van der Waals surface area contributed by atoms with Crippen molar-refractivity contribution in [2.45, 2.75) is 13.0 Å². The van der Waals surface area contributed by atoms with Gasteiger partial charge >= 0.3 is 5.97 Å². The van der Waals surface area contributed by atoms with E-state index in [9.17, 15) is 24.6 Å². The predicted molar refractivity (Wildman–Crippen MR) is 140 cm³/mol. The molecule has 1 unspecified atom stereocenters. The molecule has 0 bridgehead atoms. The molecule has 0 spiro atoms. The van der Waals surface area contributed by atoms with Gasteiger partial charge in [0.25, 0.3) is 11.7 Å². The van der Waals surface area contributed by atoms with Gasteiger partial charge in [0.2, 0.25) is 0 Å². The zero-order valence-corrected chi connectivity index (χ0v) is 20.9. The van der Waals surface area contributed by atoms with Crippen molar-refractivity contribution in [3.8, 4) is 11.5 Å². The van der Waals surface area contributed by atoms with Crippen LogP contribution in [0.3, 0.4) is 0 Å². The molecular formula is C29H26N2O7. The van der Waals surface area contributed by atoms with Gasteiger partial charge in [-0.3, -0.25) is 14.5 Å². The van der Waals surface area contributed by atoms with Crippen molar-refractivity contribution in [1.82, 2.24) is 0 Å². The fourth-order valence-corrected chi connectivity index (χ4v) is 4.72. The molecule has 0 aliphatic carbocycles. The number of ketones is 1. The second-order valence-corrected chi connectivity index (χ2v) is 8.98. The van der Waals surface area contributed by atoms with Crippen molar-refractivity contribution >= 4 is 34.8 Å². The Labute approximate surface area is 219 Å². The van der Waals surface area contributed by atoms with Crippen molar-refractivity contribution in [3.05, 3.63) is 89.0 Å². The molecule has 9 nitrogen and oxygen atoms in total. The van der Waals surface area contributed by atoms with Crippen LogP contribution in [0.5, 0.6) is 11.5 Å². The summed E-state index contributed by atoms with van der Waals surface area (Å²) in [6.45, 7) is 3.06. The van der Waals surface area contributed by atoms with Crippen LogP contribution in [0, 0.1) is 0 Å². The predicted octanol–water partition coefficient (Wildman–Crippen LogP) is 4.02. The fourth-order valence-electron chi connectivity index (χ4n) is 4.72. The fraction of sp³-hybridized carbons (Fsp3) is 0.207. The Bertz CT molecular complexity index is 1460. The minimum Gasteiger partial charge on any atom is -0.508 e. The van der Waals surface area contributed by atoms with Crippen LogP contribution < -0.4 is 14.5 Å². The van der Waals surface area contributed by atoms with E-state index in [4.69, 9.17) is 9.47 Å². The number of amides is 1. The summed E-state index contributed by atoms with van der Waals surface area (Å²) >= 11 is 0. The number of benzene rings is 3. The maximum Gasteiger partial charge on any atom is 0.338 e. The summed E-state index contributed by atoms with van der Waals surface area (Å²) in [5.74, 6) is -1.97. The van der Waals surface area contributed by atoms with Gasteiger partial charge < -0.3 is 24.6 Å². The van der Waals surface area contributed by atoms with E-state index in [-0.39, 0.29) is 34.9 Å². The number of aliphatic hydroxyl groups is 1. The summed E-state index contributed by atoms with van der Waals surface area (Å²) in [5, 5.41) is 21.3. The van der Waals surface area contributed by atoms with Crippen LogP contribution in [0.2, 0.25) is 0 Å². The van der Waals surface area contributed by atoms with Crippen LogP contribution in [0.15, 0.2) is 72.3 Å². The molecule has 5 rings (SSSR count). The molecule has 0 saturated carbocycles. The Morgan fingerprint density at radius 1 is 1.05 bits per heavy atom. The third-order valence-electron chi connectivity index (χ3n) is 6.62. The molecule has 38 heavy (non-hydrogen) atoms. The SMILES string of the molecule is CCOC(=O)c1cccc(N2C(=O)C(=O)/C(=C(\O)c3ccc4c(c3)N(C)CCO4)C2c2ccc(O)cc2)c1. The molecule has 2 aliphatic rings. The first-order chi connectivity index (χ1) is 18.3. The molecule has 0 radical (unpaired) electrons. The van der Waals surface area contributed by atoms with Gasteiger partial charge in [0.05, 0.1) is 36.0 Å². The van der Waals surface area contributed by atoms with Gasteiger partial charge in [-0.2, -0.15) is 0 Å². The smallest absolute Gasteiger partial charge is 0.338 e. The van der Waals surface area contributed by atoms with Gasteiger partial charge in [-0.1, -0.05) is 18.2 Å². The summed E-state index contributed by atoms with van der Waals surface area (Å²) in [7, 11) is 1.90. The van der Waals surface area contributed by atoms with Crippen LogP contribution in [-0.4, -0.2) is 54.7 Å². The molecule has 1 fully saturated rings. The molecule has 0 aromatic heterocycles. The van der Waals surface area contributed by atoms with E-state index in [2.05, 4.69) is 0 Å². The van der Waals surface area contributed by atoms with E-state index in [1.807, 2.05) is 11.9 Å². The van der Waals surface area contributed by atoms with Gasteiger partial charge in [0.1, 0.15) is 23.9 Å². The van der Waals surface area contributed by atoms with E-state index in [1.165, 1.54) is 23.1 Å². The number of likely N-dealkylation sites (N-methyl/N-ethyl adjacent to an activating group) is 1. The molecule has 1 amide bonds. The summed E-state index contributed by atoms with van der Waals surface area (Å²) in [4.78, 5) is 42.5. The molecule has 2 N–H and O–H groups in total. The van der Waals surface area contributed by atoms with Crippen molar-refractivity contribution < 1.29 is 34.1 Å². The van der Waals surface area contributed by atoms with Crippen LogP contribution in [-0.2, 0) is 14.3 Å². The average Bonchev–Trinajstić information content (AvgIpc) is 3.19. The summed E-state index contributed by atoms with van der Waals surface area (Å²) in [6, 6.07) is 16.3. The zero-order chi connectivity index (χ0) is 27.0. The number of aromatic hydroxyl groups is 1. The van der Waals surface area contributed by atoms with E-state index in [0.29, 0.717) is 30.0 Å². The standard InChI is InChI=1S/C29H26N2O7/c1-3-37-29(36)19-5-4-6-20(15-19)31-25(17-7-10-21(32)11-8-17)24(27(34)28(31)35)26(33)18-9-12-23-22(16-18)30(2)13-14-38-23/h4-12,15-16,25,32-33H,3,13-14H2,1-2H3/b26-24-. The molecular weight excluding hydrogens is 488 g/mol. The number of carbonyl (C=O) groups excluding carboxylic acids is 3. The lowest BCUT2D eigenvalue weighted by Gasteiger charge is -2.28. The normalized spacial score (nSPS) is 18.2. The highest BCUT2D eigenvalue weighted by Crippen LogP contribution is 2.43. The number of hydrogen-bond donors (Lipinski definition) is 2. The average molecular weight is 515 g/mol. The van der Waals surface area contributed by atoms with Gasteiger partial charge in [-0.05, 0) is 61.0 Å². The first-order valence-electron chi connectivity index (χ1n) is 12.2. The molecule has 9 heteroatoms. The quantitative estimate of drug-likeness (QED) is 0.227. The highest BCUT2D eigenvalue weighted by molar-refractivity contribution is 6.51. The van der Waals surface area contributed by atoms with Gasteiger partial charge in [-0.15, -0.1) is 0 Å². The number of phenolic OH excluding ortho intramolecular Hbond substituents is 1. The Morgan fingerprint density at radius 2 is 1.82 bits per heavy atom. The minimum atomic E-state index is -1.02. The number of Topliss-reactive ketones (excluding diaryl/α,β-unsaturated/α-hetero) is 1. The highest BCUT2D eigenvalue weighted by Gasteiger charge is 2.47. The van der Waals surface area contributed by atoms with Crippen LogP contribution in [0.4, 0.5) is 11.4 Å². The number of esters is 1. The largest absolute Gasteiger partial charge is 0.508 e. The number of hydrogen-bond acceptors (Lipinski definition) is 8. The zero-order valence-electron chi connectivity index (χ0n) is 20.9. The van der Waals surface area contributed by atoms with E-state index < -0.39 is 23.7 Å². The van der Waals surface area contributed by atoms with Crippen LogP contribution >= 0.6 is 0 Å². The number of nitrogens with zero attached hydrogens (tertiary/aromatic N) is 2. The molecule has 2 heterocycles. The summed E-state index contributed by atoms with van der Waals surface area (Å²) in [5.41, 5.74) is 1.98. The van der Waals surface area contributed by atoms with Crippen molar-refractivity contribution in [2.75, 3.05) is 36.6 Å². The number of fused-ring (bicyclic) bond motifs is 1. The summed E-state index contributed by atoms with van der Waals surface area (Å²) < 4.78 is 10.8. The second-order valence-electron chi connectivity index (χ2n) is 8.98. The second kappa shape index (κ2) is 9.93. The third kappa shape index (κ3) is 4.32. The molecule has 2 aliphatic heterocycles. The van der Waals surface area contributed by atoms with Crippen molar-refractivity contribution in [1.29, 1.82) is 0 Å². The number of phenols is 1. The van der Waals surface area contributed by atoms with Crippen molar-refractivity contribution in [3.63, 3.8) is 0 Å². The lowest BCUT2D eigenvalue weighted by molar-refractivity contribution is -0.132. The van der Waals surface area contributed by atoms with Gasteiger partial charge in [0.15, 0.2) is 0 Å². The molecule has 3 aromatic carbocycles. The maximum absolute atomic E-state index is 13.4. The monoisotopic (exact) mass is 514 g/mol.